The summed E-state index contributed by atoms with van der Waals surface area (Å²) >= 11 is 1.82. The number of hydrogen-bond donors (Lipinski definition) is 1. The van der Waals surface area contributed by atoms with E-state index in [2.05, 4.69) is 18.7 Å². The summed E-state index contributed by atoms with van der Waals surface area (Å²) in [6.45, 7) is 7.93. The molecule has 0 amide bonds. The molecule has 0 radical (unpaired) electrons. The van der Waals surface area contributed by atoms with Crippen molar-refractivity contribution in [2.45, 2.75) is 58.4 Å². The van der Waals surface area contributed by atoms with Gasteiger partial charge in [-0.2, -0.15) is 0 Å². The number of nitrogens with two attached hydrogens (primary N) is 1. The van der Waals surface area contributed by atoms with Crippen LogP contribution >= 0.6 is 11.3 Å². The Morgan fingerprint density at radius 2 is 1.95 bits per heavy atom. The van der Waals surface area contributed by atoms with Gasteiger partial charge in [0.15, 0.2) is 0 Å². The summed E-state index contributed by atoms with van der Waals surface area (Å²) in [7, 11) is 0. The highest BCUT2D eigenvalue weighted by atomic mass is 32.1. The van der Waals surface area contributed by atoms with E-state index in [0.29, 0.717) is 0 Å². The Hall–Kier alpha value is -0.450. The summed E-state index contributed by atoms with van der Waals surface area (Å²) in [4.78, 5) is 8.66. The number of likely N-dealkylation sites (tertiary alicyclic amines) is 1. The molecule has 1 saturated heterocycles. The molecule has 108 valence electrons. The molecule has 0 aromatic carbocycles. The summed E-state index contributed by atoms with van der Waals surface area (Å²) in [5.74, 6) is 0. The Labute approximate surface area is 121 Å². The molecule has 3 nitrogen and oxygen atoms in total. The predicted molar refractivity (Wildman–Crippen MR) is 82.7 cm³/mol. The third-order valence-electron chi connectivity index (χ3n) is 3.86. The molecule has 19 heavy (non-hydrogen) atoms. The average molecular weight is 281 g/mol. The highest BCUT2D eigenvalue weighted by Gasteiger charge is 2.14. The molecular weight excluding hydrogens is 254 g/mol. The van der Waals surface area contributed by atoms with Gasteiger partial charge in [0.2, 0.25) is 0 Å². The molecule has 4 heteroatoms. The van der Waals surface area contributed by atoms with Crippen molar-refractivity contribution in [2.24, 2.45) is 5.73 Å². The summed E-state index contributed by atoms with van der Waals surface area (Å²) in [6.07, 6.45) is 7.62. The topological polar surface area (TPSA) is 42.2 Å². The smallest absolute Gasteiger partial charge is 0.0944 e. The Morgan fingerprint density at radius 3 is 2.47 bits per heavy atom. The lowest BCUT2D eigenvalue weighted by atomic mass is 10.2. The zero-order valence-electron chi connectivity index (χ0n) is 12.3. The van der Waals surface area contributed by atoms with Crippen molar-refractivity contribution in [3.05, 3.63) is 15.6 Å². The molecular formula is C15H27N3S. The third-order valence-corrected chi connectivity index (χ3v) is 5.22. The highest BCUT2D eigenvalue weighted by Crippen LogP contribution is 2.25. The van der Waals surface area contributed by atoms with Gasteiger partial charge in [0.05, 0.1) is 10.7 Å². The van der Waals surface area contributed by atoms with Crippen LogP contribution < -0.4 is 5.73 Å². The van der Waals surface area contributed by atoms with Gasteiger partial charge in [0.25, 0.3) is 0 Å². The van der Waals surface area contributed by atoms with E-state index in [1.807, 2.05) is 11.3 Å². The molecule has 1 aliphatic rings. The van der Waals surface area contributed by atoms with E-state index >= 15 is 0 Å². The molecule has 1 aliphatic heterocycles. The first-order valence-electron chi connectivity index (χ1n) is 7.67. The van der Waals surface area contributed by atoms with Gasteiger partial charge < -0.3 is 10.6 Å². The van der Waals surface area contributed by atoms with Crippen molar-refractivity contribution in [3.63, 3.8) is 0 Å². The number of thiazole rings is 1. The fraction of sp³-hybridized carbons (Fsp3) is 0.800. The Morgan fingerprint density at radius 1 is 1.26 bits per heavy atom. The lowest BCUT2D eigenvalue weighted by molar-refractivity contribution is 0.288. The van der Waals surface area contributed by atoms with Gasteiger partial charge in [-0.1, -0.05) is 19.8 Å². The Bertz CT molecular complexity index is 379. The van der Waals surface area contributed by atoms with E-state index < -0.39 is 0 Å². The van der Waals surface area contributed by atoms with E-state index in [1.54, 1.807) is 0 Å². The fourth-order valence-corrected chi connectivity index (χ4v) is 3.84. The lowest BCUT2D eigenvalue weighted by Gasteiger charge is -2.18. The average Bonchev–Trinajstić information content (AvgIpc) is 2.64. The SMILES string of the molecule is CCc1nc(CCN2CCCCCC2)sc1C(C)N. The van der Waals surface area contributed by atoms with Gasteiger partial charge in [-0.25, -0.2) is 4.98 Å². The zero-order valence-corrected chi connectivity index (χ0v) is 13.1. The van der Waals surface area contributed by atoms with Crippen molar-refractivity contribution >= 4 is 11.3 Å². The second-order valence-electron chi connectivity index (χ2n) is 5.57. The normalized spacial score (nSPS) is 19.3. The third kappa shape index (κ3) is 4.26. The number of rotatable bonds is 5. The van der Waals surface area contributed by atoms with Crippen LogP contribution in [-0.2, 0) is 12.8 Å². The van der Waals surface area contributed by atoms with Crippen LogP contribution in [0, 0.1) is 0 Å². The van der Waals surface area contributed by atoms with Crippen LogP contribution in [0.15, 0.2) is 0 Å². The van der Waals surface area contributed by atoms with E-state index in [1.165, 1.54) is 54.4 Å². The van der Waals surface area contributed by atoms with Gasteiger partial charge in [-0.3, -0.25) is 0 Å². The molecule has 2 heterocycles. The van der Waals surface area contributed by atoms with Crippen LogP contribution in [0.4, 0.5) is 0 Å². The molecule has 1 unspecified atom stereocenters. The van der Waals surface area contributed by atoms with E-state index in [-0.39, 0.29) is 6.04 Å². The largest absolute Gasteiger partial charge is 0.323 e. The quantitative estimate of drug-likeness (QED) is 0.901. The Balaban J connectivity index is 1.91. The second-order valence-corrected chi connectivity index (χ2v) is 6.68. The van der Waals surface area contributed by atoms with Crippen LogP contribution in [-0.4, -0.2) is 29.5 Å². The number of aryl methyl sites for hydroxylation is 1. The molecule has 1 atom stereocenters. The predicted octanol–water partition coefficient (Wildman–Crippen LogP) is 3.14. The van der Waals surface area contributed by atoms with Crippen molar-refractivity contribution in [2.75, 3.05) is 19.6 Å². The number of nitrogens with zero attached hydrogens (tertiary/aromatic N) is 2. The van der Waals surface area contributed by atoms with Gasteiger partial charge in [-0.05, 0) is 39.3 Å². The van der Waals surface area contributed by atoms with E-state index in [0.717, 1.165) is 19.4 Å². The van der Waals surface area contributed by atoms with Gasteiger partial charge in [0, 0.05) is 23.9 Å². The molecule has 2 N–H and O–H groups in total. The van der Waals surface area contributed by atoms with Gasteiger partial charge in [-0.15, -0.1) is 11.3 Å². The molecule has 0 bridgehead atoms. The van der Waals surface area contributed by atoms with Gasteiger partial charge in [0.1, 0.15) is 0 Å². The Kier molecular flexibility index (Phi) is 5.79. The maximum absolute atomic E-state index is 6.02. The molecule has 1 aromatic heterocycles. The lowest BCUT2D eigenvalue weighted by Crippen LogP contribution is -2.26. The van der Waals surface area contributed by atoms with Crippen LogP contribution in [0.5, 0.6) is 0 Å². The van der Waals surface area contributed by atoms with Gasteiger partial charge >= 0.3 is 0 Å². The van der Waals surface area contributed by atoms with Crippen LogP contribution in [0.25, 0.3) is 0 Å². The molecule has 1 fully saturated rings. The monoisotopic (exact) mass is 281 g/mol. The molecule has 2 rings (SSSR count). The first-order chi connectivity index (χ1) is 9.20. The second kappa shape index (κ2) is 7.36. The summed E-state index contributed by atoms with van der Waals surface area (Å²) in [5, 5.41) is 1.27. The summed E-state index contributed by atoms with van der Waals surface area (Å²) in [5.41, 5.74) is 7.24. The zero-order chi connectivity index (χ0) is 13.7. The van der Waals surface area contributed by atoms with Crippen LogP contribution in [0.2, 0.25) is 0 Å². The van der Waals surface area contributed by atoms with E-state index in [9.17, 15) is 0 Å². The summed E-state index contributed by atoms with van der Waals surface area (Å²) < 4.78 is 0. The minimum atomic E-state index is 0.124. The van der Waals surface area contributed by atoms with Crippen molar-refractivity contribution in [1.82, 2.24) is 9.88 Å². The minimum Gasteiger partial charge on any atom is -0.323 e. The van der Waals surface area contributed by atoms with Crippen molar-refractivity contribution in [1.29, 1.82) is 0 Å². The minimum absolute atomic E-state index is 0.124. The number of aromatic nitrogens is 1. The number of hydrogen-bond acceptors (Lipinski definition) is 4. The molecule has 0 aliphatic carbocycles. The molecule has 1 aromatic rings. The molecule has 0 spiro atoms. The van der Waals surface area contributed by atoms with Crippen LogP contribution in [0.3, 0.4) is 0 Å². The highest BCUT2D eigenvalue weighted by molar-refractivity contribution is 7.11. The fourth-order valence-electron chi connectivity index (χ4n) is 2.74. The van der Waals surface area contributed by atoms with E-state index in [4.69, 9.17) is 10.7 Å². The van der Waals surface area contributed by atoms with Crippen LogP contribution in [0.1, 0.15) is 61.2 Å². The van der Waals surface area contributed by atoms with Crippen molar-refractivity contribution < 1.29 is 0 Å². The standard InChI is InChI=1S/C15H27N3S/c1-3-13-15(12(2)16)19-14(17-13)8-11-18-9-6-4-5-7-10-18/h12H,3-11,16H2,1-2H3. The van der Waals surface area contributed by atoms with Crippen molar-refractivity contribution in [3.8, 4) is 0 Å². The maximum atomic E-state index is 6.02. The summed E-state index contributed by atoms with van der Waals surface area (Å²) in [6, 6.07) is 0.124. The first kappa shape index (κ1) is 14.9. The molecule has 0 saturated carbocycles. The maximum Gasteiger partial charge on any atom is 0.0944 e. The first-order valence-corrected chi connectivity index (χ1v) is 8.48.